The molecule has 0 aliphatic carbocycles. The van der Waals surface area contributed by atoms with Crippen LogP contribution in [0.1, 0.15) is 13.8 Å². The van der Waals surface area contributed by atoms with E-state index in [9.17, 15) is 0 Å². The van der Waals surface area contributed by atoms with Crippen molar-refractivity contribution in [2.45, 2.75) is 13.8 Å². The molecule has 0 fully saturated rings. The Bertz CT molecular complexity index is 242. The van der Waals surface area contributed by atoms with Crippen LogP contribution in [0.15, 0.2) is 53.7 Å². The molecule has 0 N–H and O–H groups in total. The summed E-state index contributed by atoms with van der Waals surface area (Å²) in [5, 5.41) is 0. The van der Waals surface area contributed by atoms with Gasteiger partial charge in [0, 0.05) is 12.4 Å². The molecule has 0 radical (unpaired) electrons. The van der Waals surface area contributed by atoms with Crippen LogP contribution in [-0.4, -0.2) is 6.21 Å². The molecule has 0 rings (SSSR count). The van der Waals surface area contributed by atoms with Crippen LogP contribution in [-0.2, 0) is 0 Å². The third kappa shape index (κ3) is 4.45. The molecule has 0 spiro atoms. The Balaban J connectivity index is 4.54. The fourth-order valence-electron chi connectivity index (χ4n) is 0.622. The van der Waals surface area contributed by atoms with E-state index in [2.05, 4.69) is 18.2 Å². The molecule has 0 unspecified atom stereocenters. The van der Waals surface area contributed by atoms with Crippen molar-refractivity contribution in [3.05, 3.63) is 48.7 Å². The zero-order chi connectivity index (χ0) is 9.40. The van der Waals surface area contributed by atoms with Crippen molar-refractivity contribution in [3.8, 4) is 0 Å². The summed E-state index contributed by atoms with van der Waals surface area (Å²) in [5.41, 5.74) is 2.02. The van der Waals surface area contributed by atoms with E-state index < -0.39 is 0 Å². The van der Waals surface area contributed by atoms with Crippen LogP contribution < -0.4 is 0 Å². The highest BCUT2D eigenvalue weighted by Crippen LogP contribution is 2.08. The molecular weight excluding hydrogens is 146 g/mol. The van der Waals surface area contributed by atoms with Gasteiger partial charge in [-0.2, -0.15) is 0 Å². The zero-order valence-corrected chi connectivity index (χ0v) is 7.75. The van der Waals surface area contributed by atoms with Gasteiger partial charge in [0.2, 0.25) is 0 Å². The number of hydrogen-bond acceptors (Lipinski definition) is 1. The summed E-state index contributed by atoms with van der Waals surface area (Å²) >= 11 is 0. The highest BCUT2D eigenvalue weighted by molar-refractivity contribution is 5.55. The second-order valence-corrected chi connectivity index (χ2v) is 2.37. The van der Waals surface area contributed by atoms with Gasteiger partial charge in [-0.1, -0.05) is 31.4 Å². The normalized spacial score (nSPS) is 12.7. The van der Waals surface area contributed by atoms with E-state index >= 15 is 0 Å². The maximum atomic E-state index is 4.01. The van der Waals surface area contributed by atoms with Crippen LogP contribution >= 0.6 is 0 Å². The molecule has 0 aliphatic heterocycles. The van der Waals surface area contributed by atoms with Gasteiger partial charge in [0.15, 0.2) is 0 Å². The maximum Gasteiger partial charge on any atom is 0.0338 e. The molecule has 0 aromatic heterocycles. The first-order valence-electron chi connectivity index (χ1n) is 3.85. The number of rotatable bonds is 4. The van der Waals surface area contributed by atoms with Crippen LogP contribution in [0.4, 0.5) is 0 Å². The summed E-state index contributed by atoms with van der Waals surface area (Å²) in [4.78, 5) is 4.01. The van der Waals surface area contributed by atoms with E-state index in [1.54, 1.807) is 18.5 Å². The van der Waals surface area contributed by atoms with Crippen molar-refractivity contribution in [2.24, 2.45) is 4.99 Å². The summed E-state index contributed by atoms with van der Waals surface area (Å²) in [6.07, 6.45) is 9.05. The highest BCUT2D eigenvalue weighted by atomic mass is 14.7. The minimum atomic E-state index is 0.999. The topological polar surface area (TPSA) is 12.4 Å². The van der Waals surface area contributed by atoms with Gasteiger partial charge >= 0.3 is 0 Å². The first kappa shape index (κ1) is 10.6. The minimum absolute atomic E-state index is 0.999. The fourth-order valence-corrected chi connectivity index (χ4v) is 0.622. The van der Waals surface area contributed by atoms with Gasteiger partial charge in [0.25, 0.3) is 0 Å². The number of nitrogens with zero attached hydrogens (tertiary/aromatic N) is 1. The molecule has 0 heterocycles. The summed E-state index contributed by atoms with van der Waals surface area (Å²) in [6, 6.07) is 0. The molecule has 1 nitrogen and oxygen atoms in total. The number of hydrogen-bond donors (Lipinski definition) is 0. The minimum Gasteiger partial charge on any atom is -0.269 e. The third-order valence-electron chi connectivity index (χ3n) is 1.27. The van der Waals surface area contributed by atoms with Crippen molar-refractivity contribution in [1.29, 1.82) is 0 Å². The van der Waals surface area contributed by atoms with E-state index in [1.165, 1.54) is 0 Å². The van der Waals surface area contributed by atoms with Gasteiger partial charge in [-0.05, 0) is 25.0 Å². The largest absolute Gasteiger partial charge is 0.269 e. The molecule has 64 valence electrons. The SMILES string of the molecule is C=C/C=C\C(=C\N=CC)C(=C)C. The van der Waals surface area contributed by atoms with Gasteiger partial charge < -0.3 is 0 Å². The molecule has 0 saturated carbocycles. The van der Waals surface area contributed by atoms with Crippen LogP contribution in [0.2, 0.25) is 0 Å². The summed E-state index contributed by atoms with van der Waals surface area (Å²) in [6.45, 7) is 11.3. The van der Waals surface area contributed by atoms with Gasteiger partial charge in [-0.3, -0.25) is 4.99 Å². The van der Waals surface area contributed by atoms with Crippen molar-refractivity contribution in [2.75, 3.05) is 0 Å². The summed E-state index contributed by atoms with van der Waals surface area (Å²) in [7, 11) is 0. The Labute approximate surface area is 74.5 Å². The highest BCUT2D eigenvalue weighted by Gasteiger charge is 1.89. The lowest BCUT2D eigenvalue weighted by atomic mass is 10.1. The van der Waals surface area contributed by atoms with Gasteiger partial charge in [0.05, 0.1) is 0 Å². The third-order valence-corrected chi connectivity index (χ3v) is 1.27. The van der Waals surface area contributed by atoms with Crippen LogP contribution in [0.5, 0.6) is 0 Å². The van der Waals surface area contributed by atoms with Crippen LogP contribution in [0.25, 0.3) is 0 Å². The molecule has 0 bridgehead atoms. The lowest BCUT2D eigenvalue weighted by Crippen LogP contribution is -1.77. The molecule has 0 amide bonds. The number of allylic oxidation sites excluding steroid dienone is 5. The monoisotopic (exact) mass is 161 g/mol. The second kappa shape index (κ2) is 6.35. The molecule has 0 aromatic rings. The molecule has 0 atom stereocenters. The smallest absolute Gasteiger partial charge is 0.0338 e. The Morgan fingerprint density at radius 3 is 2.50 bits per heavy atom. The average molecular weight is 161 g/mol. The lowest BCUT2D eigenvalue weighted by molar-refractivity contribution is 1.40. The van der Waals surface area contributed by atoms with Crippen LogP contribution in [0.3, 0.4) is 0 Å². The van der Waals surface area contributed by atoms with Crippen LogP contribution in [0, 0.1) is 0 Å². The average Bonchev–Trinajstić information content (AvgIpc) is 2.04. The lowest BCUT2D eigenvalue weighted by Gasteiger charge is -1.96. The molecule has 0 aromatic carbocycles. The molecule has 0 saturated heterocycles. The molecule has 1 heteroatoms. The Morgan fingerprint density at radius 2 is 2.08 bits per heavy atom. The molecule has 12 heavy (non-hydrogen) atoms. The zero-order valence-electron chi connectivity index (χ0n) is 7.75. The predicted molar refractivity (Wildman–Crippen MR) is 56.4 cm³/mol. The second-order valence-electron chi connectivity index (χ2n) is 2.37. The fraction of sp³-hybridized carbons (Fsp3) is 0.182. The first-order valence-corrected chi connectivity index (χ1v) is 3.85. The van der Waals surface area contributed by atoms with E-state index in [4.69, 9.17) is 0 Å². The van der Waals surface area contributed by atoms with Crippen molar-refractivity contribution >= 4 is 6.21 Å². The van der Waals surface area contributed by atoms with E-state index in [1.807, 2.05) is 26.0 Å². The maximum absolute atomic E-state index is 4.01. The van der Waals surface area contributed by atoms with E-state index in [0.717, 1.165) is 11.1 Å². The van der Waals surface area contributed by atoms with Gasteiger partial charge in [-0.25, -0.2) is 0 Å². The Morgan fingerprint density at radius 1 is 1.42 bits per heavy atom. The van der Waals surface area contributed by atoms with Gasteiger partial charge in [0.1, 0.15) is 0 Å². The molecular formula is C11H15N. The van der Waals surface area contributed by atoms with Crippen molar-refractivity contribution in [1.82, 2.24) is 0 Å². The Kier molecular flexibility index (Phi) is 5.62. The number of aliphatic imine (C=N–C) groups is 1. The van der Waals surface area contributed by atoms with Crippen molar-refractivity contribution in [3.63, 3.8) is 0 Å². The van der Waals surface area contributed by atoms with Gasteiger partial charge in [-0.15, -0.1) is 0 Å². The predicted octanol–water partition coefficient (Wildman–Crippen LogP) is 3.28. The standard InChI is InChI=1S/C11H15N/c1-5-7-8-11(10(3)4)9-12-6-2/h5-9H,1,3H2,2,4H3/b8-7-,11-9-,12-6?. The Hall–Kier alpha value is -1.37. The quantitative estimate of drug-likeness (QED) is 0.443. The summed E-state index contributed by atoms with van der Waals surface area (Å²) in [5.74, 6) is 0. The first-order chi connectivity index (χ1) is 5.72. The molecule has 0 aliphatic rings. The van der Waals surface area contributed by atoms with E-state index in [-0.39, 0.29) is 0 Å². The van der Waals surface area contributed by atoms with E-state index in [0.29, 0.717) is 0 Å². The van der Waals surface area contributed by atoms with Crippen molar-refractivity contribution < 1.29 is 0 Å². The summed E-state index contributed by atoms with van der Waals surface area (Å²) < 4.78 is 0.